The first kappa shape index (κ1) is 10.0. The van der Waals surface area contributed by atoms with E-state index in [0.717, 1.165) is 6.08 Å². The molecule has 0 aliphatic carbocycles. The lowest BCUT2D eigenvalue weighted by Crippen LogP contribution is -1.98. The van der Waals surface area contributed by atoms with Gasteiger partial charge < -0.3 is 0 Å². The lowest BCUT2D eigenvalue weighted by Gasteiger charge is -1.91. The van der Waals surface area contributed by atoms with Gasteiger partial charge in [-0.2, -0.15) is 5.26 Å². The van der Waals surface area contributed by atoms with Gasteiger partial charge in [0.1, 0.15) is 0 Å². The smallest absolute Gasteiger partial charge is 0.258 e. The van der Waals surface area contributed by atoms with Crippen LogP contribution in [0.25, 0.3) is 0 Å². The SMILES string of the molecule is C=C(C#N)/C=C(\C(=C)F)[N+](=O)[O-]. The number of nitro groups is 1. The molecule has 0 unspecified atom stereocenters. The molecular weight excluding hydrogens is 163 g/mol. The van der Waals surface area contributed by atoms with Crippen LogP contribution in [0, 0.1) is 21.4 Å². The van der Waals surface area contributed by atoms with Gasteiger partial charge in [0.2, 0.25) is 0 Å². The zero-order valence-electron chi connectivity index (χ0n) is 6.08. The van der Waals surface area contributed by atoms with Crippen LogP contribution < -0.4 is 0 Å². The number of halogens is 1. The zero-order chi connectivity index (χ0) is 9.72. The zero-order valence-corrected chi connectivity index (χ0v) is 6.08. The first-order valence-corrected chi connectivity index (χ1v) is 2.79. The summed E-state index contributed by atoms with van der Waals surface area (Å²) in [4.78, 5) is 9.11. The van der Waals surface area contributed by atoms with Crippen molar-refractivity contribution < 1.29 is 9.31 Å². The van der Waals surface area contributed by atoms with Crippen molar-refractivity contribution >= 4 is 0 Å². The van der Waals surface area contributed by atoms with Gasteiger partial charge in [-0.15, -0.1) is 0 Å². The molecule has 0 aliphatic rings. The number of allylic oxidation sites excluding steroid dienone is 3. The first-order valence-electron chi connectivity index (χ1n) is 2.79. The van der Waals surface area contributed by atoms with Gasteiger partial charge in [-0.1, -0.05) is 13.2 Å². The van der Waals surface area contributed by atoms with Crippen LogP contribution in [-0.4, -0.2) is 4.92 Å². The molecule has 0 N–H and O–H groups in total. The Morgan fingerprint density at radius 2 is 2.17 bits per heavy atom. The molecule has 0 aromatic heterocycles. The maximum Gasteiger partial charge on any atom is 0.305 e. The molecule has 0 rings (SSSR count). The molecule has 12 heavy (non-hydrogen) atoms. The van der Waals surface area contributed by atoms with E-state index in [4.69, 9.17) is 5.26 Å². The molecule has 0 fully saturated rings. The van der Waals surface area contributed by atoms with Crippen LogP contribution in [0.4, 0.5) is 4.39 Å². The Labute approximate surface area is 68.1 Å². The van der Waals surface area contributed by atoms with E-state index in [1.807, 2.05) is 0 Å². The molecule has 0 amide bonds. The molecule has 0 bridgehead atoms. The number of nitrogens with zero attached hydrogens (tertiary/aromatic N) is 2. The average Bonchev–Trinajstić information content (AvgIpc) is 1.98. The van der Waals surface area contributed by atoms with Gasteiger partial charge in [-0.05, 0) is 0 Å². The third-order valence-electron chi connectivity index (χ3n) is 0.929. The van der Waals surface area contributed by atoms with Gasteiger partial charge in [0, 0.05) is 6.08 Å². The predicted octanol–water partition coefficient (Wildman–Crippen LogP) is 1.71. The van der Waals surface area contributed by atoms with Crippen LogP contribution in [0.5, 0.6) is 0 Å². The minimum atomic E-state index is -1.20. The quantitative estimate of drug-likeness (QED) is 0.279. The van der Waals surface area contributed by atoms with Gasteiger partial charge in [0.05, 0.1) is 16.6 Å². The molecule has 0 saturated heterocycles. The van der Waals surface area contributed by atoms with Crippen LogP contribution in [0.2, 0.25) is 0 Å². The lowest BCUT2D eigenvalue weighted by molar-refractivity contribution is -0.422. The molecule has 0 saturated carbocycles. The Morgan fingerprint density at radius 1 is 1.67 bits per heavy atom. The third-order valence-corrected chi connectivity index (χ3v) is 0.929. The van der Waals surface area contributed by atoms with Crippen LogP contribution >= 0.6 is 0 Å². The Bertz CT molecular complexity index is 296. The van der Waals surface area contributed by atoms with Gasteiger partial charge in [0.15, 0.2) is 5.83 Å². The van der Waals surface area contributed by atoms with Crippen LogP contribution in [0.3, 0.4) is 0 Å². The first-order chi connectivity index (χ1) is 5.49. The summed E-state index contributed by atoms with van der Waals surface area (Å²) in [7, 11) is 0. The summed E-state index contributed by atoms with van der Waals surface area (Å²) in [5.41, 5.74) is -1.04. The molecule has 62 valence electrons. The monoisotopic (exact) mass is 168 g/mol. The summed E-state index contributed by atoms with van der Waals surface area (Å²) in [6.45, 7) is 5.86. The summed E-state index contributed by atoms with van der Waals surface area (Å²) in [6, 6.07) is 1.52. The maximum absolute atomic E-state index is 12.3. The number of hydrogen-bond acceptors (Lipinski definition) is 3. The van der Waals surface area contributed by atoms with E-state index in [2.05, 4.69) is 13.2 Å². The minimum Gasteiger partial charge on any atom is -0.258 e. The summed E-state index contributed by atoms with van der Waals surface area (Å²) in [5.74, 6) is -1.20. The molecule has 4 nitrogen and oxygen atoms in total. The van der Waals surface area contributed by atoms with Gasteiger partial charge in [-0.3, -0.25) is 10.1 Å². The lowest BCUT2D eigenvalue weighted by atomic mass is 10.2. The normalized spacial score (nSPS) is 10.2. The molecule has 0 aromatic rings. The molecule has 0 spiro atoms. The van der Waals surface area contributed by atoms with Crippen molar-refractivity contribution in [2.75, 3.05) is 0 Å². The van der Waals surface area contributed by atoms with Crippen LogP contribution in [-0.2, 0) is 0 Å². The van der Waals surface area contributed by atoms with Gasteiger partial charge in [-0.25, -0.2) is 4.39 Å². The topological polar surface area (TPSA) is 66.9 Å². The van der Waals surface area contributed by atoms with Crippen LogP contribution in [0.1, 0.15) is 0 Å². The number of rotatable bonds is 3. The summed E-state index contributed by atoms with van der Waals surface area (Å²) >= 11 is 0. The van der Waals surface area contributed by atoms with E-state index in [0.29, 0.717) is 0 Å². The standard InChI is InChI=1S/C7H5FN2O2/c1-5(4-9)3-7(6(2)8)10(11)12/h3H,1-2H2/b7-3+. The highest BCUT2D eigenvalue weighted by atomic mass is 19.1. The second kappa shape index (κ2) is 4.03. The Kier molecular flexibility index (Phi) is 3.37. The van der Waals surface area contributed by atoms with E-state index in [9.17, 15) is 14.5 Å². The summed E-state index contributed by atoms with van der Waals surface area (Å²) in [5, 5.41) is 18.3. The van der Waals surface area contributed by atoms with E-state index in [1.54, 1.807) is 0 Å². The molecule has 0 aliphatic heterocycles. The predicted molar refractivity (Wildman–Crippen MR) is 40.1 cm³/mol. The molecule has 5 heteroatoms. The second-order valence-corrected chi connectivity index (χ2v) is 1.83. The fraction of sp³-hybridized carbons (Fsp3) is 0. The van der Waals surface area contributed by atoms with Crippen molar-refractivity contribution in [3.05, 3.63) is 46.4 Å². The van der Waals surface area contributed by atoms with Crippen molar-refractivity contribution in [2.45, 2.75) is 0 Å². The fourth-order valence-electron chi connectivity index (χ4n) is 0.427. The average molecular weight is 168 g/mol. The van der Waals surface area contributed by atoms with Crippen LogP contribution in [0.15, 0.2) is 36.3 Å². The van der Waals surface area contributed by atoms with E-state index >= 15 is 0 Å². The number of nitriles is 1. The molecule has 0 radical (unpaired) electrons. The second-order valence-electron chi connectivity index (χ2n) is 1.83. The molecule has 0 heterocycles. The van der Waals surface area contributed by atoms with Crippen molar-refractivity contribution in [3.63, 3.8) is 0 Å². The Hall–Kier alpha value is -1.96. The van der Waals surface area contributed by atoms with E-state index < -0.39 is 16.4 Å². The maximum atomic E-state index is 12.3. The Morgan fingerprint density at radius 3 is 2.42 bits per heavy atom. The largest absolute Gasteiger partial charge is 0.305 e. The van der Waals surface area contributed by atoms with Crippen molar-refractivity contribution in [2.24, 2.45) is 0 Å². The highest BCUT2D eigenvalue weighted by Gasteiger charge is 2.14. The fourth-order valence-corrected chi connectivity index (χ4v) is 0.427. The van der Waals surface area contributed by atoms with Crippen molar-refractivity contribution in [3.8, 4) is 6.07 Å². The highest BCUT2D eigenvalue weighted by Crippen LogP contribution is 2.11. The van der Waals surface area contributed by atoms with E-state index in [-0.39, 0.29) is 5.57 Å². The minimum absolute atomic E-state index is 0.194. The van der Waals surface area contributed by atoms with E-state index in [1.165, 1.54) is 6.07 Å². The van der Waals surface area contributed by atoms with Gasteiger partial charge in [0.25, 0.3) is 0 Å². The summed E-state index contributed by atoms with van der Waals surface area (Å²) < 4.78 is 12.3. The summed E-state index contributed by atoms with van der Waals surface area (Å²) in [6.07, 6.45) is 0.725. The highest BCUT2D eigenvalue weighted by molar-refractivity contribution is 5.34. The molecule has 0 atom stereocenters. The van der Waals surface area contributed by atoms with Gasteiger partial charge >= 0.3 is 5.70 Å². The third kappa shape index (κ3) is 2.75. The molecule has 0 aromatic carbocycles. The Balaban J connectivity index is 4.90. The molecular formula is C7H5FN2O2. The van der Waals surface area contributed by atoms with Crippen molar-refractivity contribution in [1.29, 1.82) is 5.26 Å². The van der Waals surface area contributed by atoms with Crippen molar-refractivity contribution in [1.82, 2.24) is 0 Å². The number of hydrogen-bond donors (Lipinski definition) is 0.